The summed E-state index contributed by atoms with van der Waals surface area (Å²) in [5.41, 5.74) is 1.84. The molecule has 2 heterocycles. The molecule has 4 nitrogen and oxygen atoms in total. The molecule has 0 bridgehead atoms. The van der Waals surface area contributed by atoms with E-state index in [-0.39, 0.29) is 11.5 Å². The molecule has 1 aromatic heterocycles. The first-order chi connectivity index (χ1) is 8.93. The maximum Gasteiger partial charge on any atom is 0.159 e. The standard InChI is InChI=1S/C14H21ClN2O2/c1-5-19-11(14(2,3)4)13-16-10-6-7-18-8-9(10)12(15)17-13/h11H,5-8H2,1-4H3. The highest BCUT2D eigenvalue weighted by Crippen LogP contribution is 2.35. The number of hydrogen-bond donors (Lipinski definition) is 0. The van der Waals surface area contributed by atoms with Crippen molar-refractivity contribution in [1.82, 2.24) is 9.97 Å². The molecule has 1 atom stereocenters. The summed E-state index contributed by atoms with van der Waals surface area (Å²) in [6.45, 7) is 10.2. The van der Waals surface area contributed by atoms with Crippen molar-refractivity contribution in [3.63, 3.8) is 0 Å². The maximum atomic E-state index is 6.25. The van der Waals surface area contributed by atoms with Gasteiger partial charge in [0.2, 0.25) is 0 Å². The minimum atomic E-state index is -0.150. The van der Waals surface area contributed by atoms with Gasteiger partial charge in [-0.2, -0.15) is 0 Å². The van der Waals surface area contributed by atoms with Gasteiger partial charge in [-0.1, -0.05) is 32.4 Å². The Morgan fingerprint density at radius 2 is 2.11 bits per heavy atom. The first-order valence-electron chi connectivity index (χ1n) is 6.68. The number of aromatic nitrogens is 2. The fourth-order valence-electron chi connectivity index (χ4n) is 2.21. The predicted molar refractivity (Wildman–Crippen MR) is 74.2 cm³/mol. The van der Waals surface area contributed by atoms with E-state index in [1.165, 1.54) is 0 Å². The fraction of sp³-hybridized carbons (Fsp3) is 0.714. The average Bonchev–Trinajstić information content (AvgIpc) is 2.34. The van der Waals surface area contributed by atoms with Gasteiger partial charge in [0.15, 0.2) is 5.82 Å². The van der Waals surface area contributed by atoms with Crippen LogP contribution in [0.1, 0.15) is 50.9 Å². The van der Waals surface area contributed by atoms with Crippen molar-refractivity contribution in [3.05, 3.63) is 22.2 Å². The molecule has 0 aromatic carbocycles. The lowest BCUT2D eigenvalue weighted by Gasteiger charge is -2.30. The Morgan fingerprint density at radius 3 is 2.74 bits per heavy atom. The molecule has 0 spiro atoms. The molecule has 19 heavy (non-hydrogen) atoms. The van der Waals surface area contributed by atoms with Crippen molar-refractivity contribution in [2.75, 3.05) is 13.2 Å². The van der Waals surface area contributed by atoms with E-state index in [1.807, 2.05) is 6.92 Å². The molecule has 1 aliphatic rings. The van der Waals surface area contributed by atoms with Gasteiger partial charge >= 0.3 is 0 Å². The van der Waals surface area contributed by atoms with Crippen LogP contribution in [0.25, 0.3) is 0 Å². The molecule has 106 valence electrons. The first kappa shape index (κ1) is 14.7. The second-order valence-corrected chi connectivity index (χ2v) is 6.16. The van der Waals surface area contributed by atoms with Crippen molar-refractivity contribution in [2.24, 2.45) is 5.41 Å². The average molecular weight is 285 g/mol. The van der Waals surface area contributed by atoms with E-state index in [2.05, 4.69) is 30.7 Å². The zero-order valence-electron chi connectivity index (χ0n) is 12.0. The summed E-state index contributed by atoms with van der Waals surface area (Å²) in [7, 11) is 0. The Hall–Kier alpha value is -0.710. The third-order valence-electron chi connectivity index (χ3n) is 3.14. The molecule has 0 saturated heterocycles. The van der Waals surface area contributed by atoms with Crippen LogP contribution in [0.3, 0.4) is 0 Å². The molecular formula is C14H21ClN2O2. The van der Waals surface area contributed by atoms with Gasteiger partial charge in [0.05, 0.1) is 18.9 Å². The van der Waals surface area contributed by atoms with Crippen LogP contribution in [0, 0.1) is 5.41 Å². The summed E-state index contributed by atoms with van der Waals surface area (Å²) in [5, 5.41) is 0.494. The number of rotatable bonds is 3. The van der Waals surface area contributed by atoms with Crippen LogP contribution >= 0.6 is 11.6 Å². The predicted octanol–water partition coefficient (Wildman–Crippen LogP) is 3.33. The molecule has 5 heteroatoms. The van der Waals surface area contributed by atoms with E-state index in [9.17, 15) is 0 Å². The molecule has 0 radical (unpaired) electrons. The van der Waals surface area contributed by atoms with Gasteiger partial charge in [-0.25, -0.2) is 9.97 Å². The van der Waals surface area contributed by atoms with Gasteiger partial charge in [0, 0.05) is 18.6 Å². The van der Waals surface area contributed by atoms with Gasteiger partial charge in [-0.3, -0.25) is 0 Å². The second kappa shape index (κ2) is 5.73. The number of nitrogens with zero attached hydrogens (tertiary/aromatic N) is 2. The molecule has 0 N–H and O–H groups in total. The van der Waals surface area contributed by atoms with Crippen LogP contribution in [0.5, 0.6) is 0 Å². The van der Waals surface area contributed by atoms with E-state index in [0.717, 1.165) is 17.7 Å². The van der Waals surface area contributed by atoms with Gasteiger partial charge in [-0.15, -0.1) is 0 Å². The van der Waals surface area contributed by atoms with Crippen LogP contribution in [0.2, 0.25) is 5.15 Å². The highest BCUT2D eigenvalue weighted by molar-refractivity contribution is 6.30. The summed E-state index contributed by atoms with van der Waals surface area (Å²) in [5.74, 6) is 0.681. The van der Waals surface area contributed by atoms with Crippen molar-refractivity contribution in [2.45, 2.75) is 46.8 Å². The summed E-state index contributed by atoms with van der Waals surface area (Å²) in [4.78, 5) is 9.08. The number of fused-ring (bicyclic) bond motifs is 1. The number of ether oxygens (including phenoxy) is 2. The Labute approximate surface area is 119 Å². The van der Waals surface area contributed by atoms with Crippen molar-refractivity contribution < 1.29 is 9.47 Å². The van der Waals surface area contributed by atoms with Gasteiger partial charge in [0.25, 0.3) is 0 Å². The Morgan fingerprint density at radius 1 is 1.37 bits per heavy atom. The van der Waals surface area contributed by atoms with E-state index < -0.39 is 0 Å². The molecule has 0 aliphatic carbocycles. The van der Waals surface area contributed by atoms with Crippen molar-refractivity contribution >= 4 is 11.6 Å². The Bertz CT molecular complexity index is 457. The van der Waals surface area contributed by atoms with Gasteiger partial charge in [0.1, 0.15) is 11.3 Å². The van der Waals surface area contributed by atoms with Crippen molar-refractivity contribution in [1.29, 1.82) is 0 Å². The normalized spacial score (nSPS) is 17.1. The summed E-state index contributed by atoms with van der Waals surface area (Å²) >= 11 is 6.25. The summed E-state index contributed by atoms with van der Waals surface area (Å²) in [6.07, 6.45) is 0.635. The van der Waals surface area contributed by atoms with Crippen LogP contribution < -0.4 is 0 Å². The first-order valence-corrected chi connectivity index (χ1v) is 7.05. The second-order valence-electron chi connectivity index (χ2n) is 5.80. The van der Waals surface area contributed by atoms with E-state index >= 15 is 0 Å². The Kier molecular flexibility index (Phi) is 4.43. The lowest BCUT2D eigenvalue weighted by molar-refractivity contribution is -0.0195. The monoisotopic (exact) mass is 284 g/mol. The highest BCUT2D eigenvalue weighted by Gasteiger charge is 2.31. The van der Waals surface area contributed by atoms with Crippen LogP contribution in [-0.4, -0.2) is 23.2 Å². The molecule has 0 amide bonds. The minimum absolute atomic E-state index is 0.0707. The number of halogens is 1. The molecule has 0 saturated carbocycles. The van der Waals surface area contributed by atoms with Gasteiger partial charge < -0.3 is 9.47 Å². The lowest BCUT2D eigenvalue weighted by Crippen LogP contribution is -2.25. The quantitative estimate of drug-likeness (QED) is 0.799. The maximum absolute atomic E-state index is 6.25. The SMILES string of the molecule is CCOC(c1nc(Cl)c2c(n1)CCOC2)C(C)(C)C. The third-order valence-corrected chi connectivity index (χ3v) is 3.46. The van der Waals surface area contributed by atoms with Crippen molar-refractivity contribution in [3.8, 4) is 0 Å². The topological polar surface area (TPSA) is 44.2 Å². The third kappa shape index (κ3) is 3.25. The zero-order valence-corrected chi connectivity index (χ0v) is 12.8. The van der Waals surface area contributed by atoms with E-state index in [4.69, 9.17) is 21.1 Å². The van der Waals surface area contributed by atoms with Crippen LogP contribution in [0.15, 0.2) is 0 Å². The van der Waals surface area contributed by atoms with Crippen LogP contribution in [0.4, 0.5) is 0 Å². The molecule has 0 fully saturated rings. The minimum Gasteiger partial charge on any atom is -0.376 e. The molecule has 2 rings (SSSR count). The Balaban J connectivity index is 2.40. The molecular weight excluding hydrogens is 264 g/mol. The van der Waals surface area contributed by atoms with E-state index in [1.54, 1.807) is 0 Å². The lowest BCUT2D eigenvalue weighted by atomic mass is 9.88. The van der Waals surface area contributed by atoms with Crippen LogP contribution in [-0.2, 0) is 22.5 Å². The smallest absolute Gasteiger partial charge is 0.159 e. The molecule has 1 aromatic rings. The largest absolute Gasteiger partial charge is 0.376 e. The highest BCUT2D eigenvalue weighted by atomic mass is 35.5. The number of hydrogen-bond acceptors (Lipinski definition) is 4. The van der Waals surface area contributed by atoms with Gasteiger partial charge in [-0.05, 0) is 12.3 Å². The zero-order chi connectivity index (χ0) is 14.0. The summed E-state index contributed by atoms with van der Waals surface area (Å²) < 4.78 is 11.2. The molecule has 1 unspecified atom stereocenters. The molecule has 1 aliphatic heterocycles. The fourth-order valence-corrected chi connectivity index (χ4v) is 2.46. The van der Waals surface area contributed by atoms with E-state index in [0.29, 0.717) is 30.8 Å². The summed E-state index contributed by atoms with van der Waals surface area (Å²) in [6, 6.07) is 0.